The van der Waals surface area contributed by atoms with Crippen LogP contribution in [0, 0.1) is 5.92 Å². The molecule has 1 aliphatic heterocycles. The van der Waals surface area contributed by atoms with Gasteiger partial charge in [-0.15, -0.1) is 11.3 Å². The van der Waals surface area contributed by atoms with Gasteiger partial charge in [0.25, 0.3) is 5.91 Å². The minimum Gasteiger partial charge on any atom is -0.482 e. The molecule has 138 valence electrons. The van der Waals surface area contributed by atoms with Gasteiger partial charge in [-0.3, -0.25) is 4.79 Å². The molecule has 0 aliphatic carbocycles. The van der Waals surface area contributed by atoms with Crippen molar-refractivity contribution in [2.45, 2.75) is 13.8 Å². The number of hydrogen-bond donors (Lipinski definition) is 0. The highest BCUT2D eigenvalue weighted by molar-refractivity contribution is 7.13. The number of fused-ring (bicyclic) bond motifs is 1. The second kappa shape index (κ2) is 7.33. The highest BCUT2D eigenvalue weighted by atomic mass is 35.5. The summed E-state index contributed by atoms with van der Waals surface area (Å²) in [5.74, 6) is 1.10. The highest BCUT2D eigenvalue weighted by Crippen LogP contribution is 2.38. The molecule has 2 heterocycles. The van der Waals surface area contributed by atoms with E-state index in [0.29, 0.717) is 17.5 Å². The molecular weight excluding hydrogens is 380 g/mol. The maximum absolute atomic E-state index is 12.3. The first-order valence-electron chi connectivity index (χ1n) is 8.81. The molecule has 1 aromatic heterocycles. The van der Waals surface area contributed by atoms with Crippen molar-refractivity contribution >= 4 is 34.5 Å². The monoisotopic (exact) mass is 398 g/mol. The van der Waals surface area contributed by atoms with Crippen molar-refractivity contribution in [3.8, 4) is 27.6 Å². The van der Waals surface area contributed by atoms with Crippen LogP contribution >= 0.6 is 22.9 Å². The van der Waals surface area contributed by atoms with Crippen LogP contribution in [0.1, 0.15) is 13.8 Å². The third-order valence-electron chi connectivity index (χ3n) is 4.35. The summed E-state index contributed by atoms with van der Waals surface area (Å²) in [6.45, 7) is 4.96. The molecule has 0 fully saturated rings. The highest BCUT2D eigenvalue weighted by Gasteiger charge is 2.26. The molecule has 0 saturated carbocycles. The third kappa shape index (κ3) is 3.57. The van der Waals surface area contributed by atoms with Gasteiger partial charge in [0, 0.05) is 23.1 Å². The smallest absolute Gasteiger partial charge is 0.265 e. The van der Waals surface area contributed by atoms with Gasteiger partial charge in [-0.05, 0) is 30.2 Å². The fourth-order valence-corrected chi connectivity index (χ4v) is 4.24. The number of amides is 1. The third-order valence-corrected chi connectivity index (χ3v) is 5.56. The van der Waals surface area contributed by atoms with Crippen LogP contribution in [0.3, 0.4) is 0 Å². The summed E-state index contributed by atoms with van der Waals surface area (Å²) >= 11 is 7.85. The standard InChI is InChI=1S/C21H19ClN2O2S/c1-13(2)10-24-18-9-14(7-8-19(18)26-11-20(24)25)17-12-27-21(23-17)15-5-3-4-6-16(15)22/h3-9,12-13H,10-11H2,1-2H3. The summed E-state index contributed by atoms with van der Waals surface area (Å²) in [5, 5.41) is 3.57. The summed E-state index contributed by atoms with van der Waals surface area (Å²) in [6, 6.07) is 13.6. The SMILES string of the molecule is CC(C)CN1C(=O)COc2ccc(-c3csc(-c4ccccc4Cl)n3)cc21. The lowest BCUT2D eigenvalue weighted by Crippen LogP contribution is -2.40. The Balaban J connectivity index is 1.71. The van der Waals surface area contributed by atoms with Crippen LogP contribution in [0.2, 0.25) is 5.02 Å². The Kier molecular flexibility index (Phi) is 4.89. The van der Waals surface area contributed by atoms with Crippen molar-refractivity contribution in [2.75, 3.05) is 18.1 Å². The number of rotatable bonds is 4. The van der Waals surface area contributed by atoms with Crippen LogP contribution in [-0.4, -0.2) is 24.0 Å². The summed E-state index contributed by atoms with van der Waals surface area (Å²) in [4.78, 5) is 18.9. The van der Waals surface area contributed by atoms with Crippen molar-refractivity contribution in [1.82, 2.24) is 4.98 Å². The molecule has 4 rings (SSSR count). The Hall–Kier alpha value is -2.37. The van der Waals surface area contributed by atoms with E-state index in [-0.39, 0.29) is 12.5 Å². The summed E-state index contributed by atoms with van der Waals surface area (Å²) < 4.78 is 5.60. The van der Waals surface area contributed by atoms with Crippen molar-refractivity contribution in [3.05, 3.63) is 52.9 Å². The van der Waals surface area contributed by atoms with Gasteiger partial charge in [0.05, 0.1) is 16.4 Å². The lowest BCUT2D eigenvalue weighted by Gasteiger charge is -2.31. The van der Waals surface area contributed by atoms with E-state index in [2.05, 4.69) is 13.8 Å². The first kappa shape index (κ1) is 18.0. The molecule has 0 radical (unpaired) electrons. The van der Waals surface area contributed by atoms with E-state index in [1.807, 2.05) is 52.7 Å². The summed E-state index contributed by atoms with van der Waals surface area (Å²) in [7, 11) is 0. The first-order valence-corrected chi connectivity index (χ1v) is 10.1. The van der Waals surface area contributed by atoms with E-state index >= 15 is 0 Å². The lowest BCUT2D eigenvalue weighted by atomic mass is 10.1. The Morgan fingerprint density at radius 3 is 2.85 bits per heavy atom. The number of thiazole rings is 1. The van der Waals surface area contributed by atoms with Crippen LogP contribution in [0.15, 0.2) is 47.8 Å². The molecular formula is C21H19ClN2O2S. The van der Waals surface area contributed by atoms with Crippen LogP contribution in [0.4, 0.5) is 5.69 Å². The van der Waals surface area contributed by atoms with Crippen molar-refractivity contribution in [2.24, 2.45) is 5.92 Å². The number of carbonyl (C=O) groups excluding carboxylic acids is 1. The number of carbonyl (C=O) groups is 1. The average Bonchev–Trinajstić information content (AvgIpc) is 3.14. The molecule has 0 saturated heterocycles. The molecule has 0 atom stereocenters. The van der Waals surface area contributed by atoms with Gasteiger partial charge in [-0.25, -0.2) is 4.98 Å². The number of hydrogen-bond acceptors (Lipinski definition) is 4. The van der Waals surface area contributed by atoms with E-state index in [4.69, 9.17) is 21.3 Å². The molecule has 6 heteroatoms. The van der Waals surface area contributed by atoms with Crippen molar-refractivity contribution < 1.29 is 9.53 Å². The van der Waals surface area contributed by atoms with Gasteiger partial charge < -0.3 is 9.64 Å². The van der Waals surface area contributed by atoms with Gasteiger partial charge in [-0.2, -0.15) is 0 Å². The predicted octanol–water partition coefficient (Wildman–Crippen LogP) is 5.51. The molecule has 0 unspecified atom stereocenters. The number of aromatic nitrogens is 1. The summed E-state index contributed by atoms with van der Waals surface area (Å²) in [6.07, 6.45) is 0. The zero-order valence-corrected chi connectivity index (χ0v) is 16.7. The van der Waals surface area contributed by atoms with Gasteiger partial charge >= 0.3 is 0 Å². The maximum Gasteiger partial charge on any atom is 0.265 e. The normalized spacial score (nSPS) is 13.6. The quantitative estimate of drug-likeness (QED) is 0.581. The van der Waals surface area contributed by atoms with Gasteiger partial charge in [0.15, 0.2) is 6.61 Å². The number of nitrogens with zero attached hydrogens (tertiary/aromatic N) is 2. The largest absolute Gasteiger partial charge is 0.482 e. The van der Waals surface area contributed by atoms with Crippen molar-refractivity contribution in [3.63, 3.8) is 0 Å². The van der Waals surface area contributed by atoms with E-state index in [0.717, 1.165) is 33.3 Å². The van der Waals surface area contributed by atoms with Crippen LogP contribution in [0.25, 0.3) is 21.8 Å². The number of anilines is 1. The van der Waals surface area contributed by atoms with E-state index in [1.165, 1.54) is 0 Å². The van der Waals surface area contributed by atoms with Gasteiger partial charge in [0.1, 0.15) is 10.8 Å². The molecule has 3 aromatic rings. The predicted molar refractivity (Wildman–Crippen MR) is 111 cm³/mol. The molecule has 1 amide bonds. The zero-order chi connectivity index (χ0) is 19.0. The first-order chi connectivity index (χ1) is 13.0. The molecule has 0 N–H and O–H groups in total. The maximum atomic E-state index is 12.3. The van der Waals surface area contributed by atoms with E-state index in [1.54, 1.807) is 11.3 Å². The van der Waals surface area contributed by atoms with Gasteiger partial charge in [-0.1, -0.05) is 43.6 Å². The van der Waals surface area contributed by atoms with E-state index < -0.39 is 0 Å². The van der Waals surface area contributed by atoms with Crippen LogP contribution in [0.5, 0.6) is 5.75 Å². The second-order valence-electron chi connectivity index (χ2n) is 6.89. The zero-order valence-electron chi connectivity index (χ0n) is 15.1. The molecule has 0 spiro atoms. The fraction of sp³-hybridized carbons (Fsp3) is 0.238. The van der Waals surface area contributed by atoms with Crippen LogP contribution < -0.4 is 9.64 Å². The molecule has 2 aromatic carbocycles. The average molecular weight is 399 g/mol. The van der Waals surface area contributed by atoms with Crippen molar-refractivity contribution in [1.29, 1.82) is 0 Å². The molecule has 27 heavy (non-hydrogen) atoms. The number of ether oxygens (including phenoxy) is 1. The van der Waals surface area contributed by atoms with E-state index in [9.17, 15) is 4.79 Å². The lowest BCUT2D eigenvalue weighted by molar-refractivity contribution is -0.121. The molecule has 1 aliphatic rings. The Morgan fingerprint density at radius 2 is 2.07 bits per heavy atom. The number of halogens is 1. The number of benzene rings is 2. The van der Waals surface area contributed by atoms with Crippen LogP contribution in [-0.2, 0) is 4.79 Å². The Morgan fingerprint density at radius 1 is 1.26 bits per heavy atom. The topological polar surface area (TPSA) is 42.4 Å². The van der Waals surface area contributed by atoms with Gasteiger partial charge in [0.2, 0.25) is 0 Å². The Bertz CT molecular complexity index is 999. The minimum atomic E-state index is -0.0108. The Labute approximate surface area is 167 Å². The molecule has 0 bridgehead atoms. The fourth-order valence-electron chi connectivity index (χ4n) is 3.09. The molecule has 4 nitrogen and oxygen atoms in total. The second-order valence-corrected chi connectivity index (χ2v) is 8.15. The minimum absolute atomic E-state index is 0.0108. The summed E-state index contributed by atoms with van der Waals surface area (Å²) in [5.41, 5.74) is 3.55.